The second-order valence-electron chi connectivity index (χ2n) is 7.28. The fraction of sp³-hybridized carbons (Fsp3) is 0.0800. The van der Waals surface area contributed by atoms with Gasteiger partial charge in [0.2, 0.25) is 0 Å². The largest absolute Gasteiger partial charge is 0.291 e. The molecule has 1 aromatic heterocycles. The molecule has 0 fully saturated rings. The molecule has 4 aromatic rings. The van der Waals surface area contributed by atoms with E-state index in [4.69, 9.17) is 11.6 Å². The fourth-order valence-corrected chi connectivity index (χ4v) is 3.28. The molecule has 154 valence electrons. The summed E-state index contributed by atoms with van der Waals surface area (Å²) in [6, 6.07) is 25.1. The van der Waals surface area contributed by atoms with Crippen LogP contribution in [0.5, 0.6) is 0 Å². The van der Waals surface area contributed by atoms with Gasteiger partial charge in [-0.15, -0.1) is 0 Å². The quantitative estimate of drug-likeness (QED) is 0.333. The Morgan fingerprint density at radius 2 is 1.71 bits per heavy atom. The second-order valence-corrected chi connectivity index (χ2v) is 7.72. The summed E-state index contributed by atoms with van der Waals surface area (Å²) in [7, 11) is 0. The third kappa shape index (κ3) is 4.90. The van der Waals surface area contributed by atoms with Crippen LogP contribution in [0.2, 0.25) is 5.02 Å². The summed E-state index contributed by atoms with van der Waals surface area (Å²) >= 11 is 5.89. The number of halogens is 1. The van der Waals surface area contributed by atoms with Gasteiger partial charge < -0.3 is 0 Å². The van der Waals surface area contributed by atoms with Gasteiger partial charge in [-0.2, -0.15) is 10.2 Å². The van der Waals surface area contributed by atoms with E-state index in [9.17, 15) is 4.79 Å². The zero-order valence-corrected chi connectivity index (χ0v) is 18.0. The number of hydrogen-bond acceptors (Lipinski definition) is 3. The van der Waals surface area contributed by atoms with E-state index in [0.29, 0.717) is 5.02 Å². The van der Waals surface area contributed by atoms with E-state index in [-0.39, 0.29) is 11.6 Å². The van der Waals surface area contributed by atoms with Gasteiger partial charge >= 0.3 is 0 Å². The van der Waals surface area contributed by atoms with Gasteiger partial charge in [-0.1, -0.05) is 65.7 Å². The molecule has 4 rings (SSSR count). The molecular weight excluding hydrogens is 408 g/mol. The van der Waals surface area contributed by atoms with Crippen LogP contribution >= 0.6 is 11.6 Å². The highest BCUT2D eigenvalue weighted by atomic mass is 35.5. The first-order valence-electron chi connectivity index (χ1n) is 9.83. The molecule has 0 aliphatic rings. The van der Waals surface area contributed by atoms with E-state index in [1.807, 2.05) is 74.5 Å². The average Bonchev–Trinajstić information content (AvgIpc) is 3.21. The molecule has 0 bridgehead atoms. The zero-order valence-electron chi connectivity index (χ0n) is 17.2. The minimum absolute atomic E-state index is 0.283. The summed E-state index contributed by atoms with van der Waals surface area (Å²) in [5.74, 6) is -0.384. The van der Waals surface area contributed by atoms with Crippen molar-refractivity contribution < 1.29 is 4.79 Å². The van der Waals surface area contributed by atoms with Crippen molar-refractivity contribution in [2.75, 3.05) is 0 Å². The number of hydrogen-bond donors (Lipinski definition) is 1. The topological polar surface area (TPSA) is 59.3 Å². The summed E-state index contributed by atoms with van der Waals surface area (Å²) in [5, 5.41) is 9.26. The molecule has 1 N–H and O–H groups in total. The van der Waals surface area contributed by atoms with Crippen molar-refractivity contribution in [3.8, 4) is 16.9 Å². The van der Waals surface area contributed by atoms with E-state index in [1.165, 1.54) is 5.56 Å². The Labute approximate surface area is 186 Å². The lowest BCUT2D eigenvalue weighted by molar-refractivity contribution is 0.0949. The third-order valence-electron chi connectivity index (χ3n) is 4.79. The first-order chi connectivity index (χ1) is 15.0. The van der Waals surface area contributed by atoms with Crippen molar-refractivity contribution in [3.63, 3.8) is 0 Å². The maximum absolute atomic E-state index is 12.7. The van der Waals surface area contributed by atoms with E-state index >= 15 is 0 Å². The number of carbonyl (C=O) groups is 1. The van der Waals surface area contributed by atoms with E-state index in [0.717, 1.165) is 28.1 Å². The van der Waals surface area contributed by atoms with Crippen molar-refractivity contribution in [3.05, 3.63) is 106 Å². The van der Waals surface area contributed by atoms with Crippen LogP contribution in [0.3, 0.4) is 0 Å². The van der Waals surface area contributed by atoms with Gasteiger partial charge in [-0.25, -0.2) is 10.1 Å². The predicted molar refractivity (Wildman–Crippen MR) is 125 cm³/mol. The smallest absolute Gasteiger partial charge is 0.265 e. The van der Waals surface area contributed by atoms with Gasteiger partial charge in [0.05, 0.1) is 17.6 Å². The van der Waals surface area contributed by atoms with Gasteiger partial charge in [0, 0.05) is 10.6 Å². The Morgan fingerprint density at radius 3 is 2.42 bits per heavy atom. The molecule has 0 saturated heterocycles. The standard InChI is InChI=1S/C25H21ClN4O/c1-17-6-10-20(11-7-17)24-15-23(29-30(24)22-5-3-4-18(2)14-22)25(31)28-27-16-19-8-12-21(26)13-9-19/h3-16H,1-2H3,(H,28,31)/b27-16-. The van der Waals surface area contributed by atoms with Crippen LogP contribution in [0.25, 0.3) is 16.9 Å². The van der Waals surface area contributed by atoms with Gasteiger partial charge in [-0.05, 0) is 55.3 Å². The summed E-state index contributed by atoms with van der Waals surface area (Å²) in [6.07, 6.45) is 1.56. The lowest BCUT2D eigenvalue weighted by Gasteiger charge is -2.08. The van der Waals surface area contributed by atoms with Gasteiger partial charge in [0.25, 0.3) is 5.91 Å². The number of carbonyl (C=O) groups excluding carboxylic acids is 1. The van der Waals surface area contributed by atoms with Gasteiger partial charge in [0.1, 0.15) is 0 Å². The number of amides is 1. The number of benzene rings is 3. The molecule has 5 nitrogen and oxygen atoms in total. The van der Waals surface area contributed by atoms with Gasteiger partial charge in [0.15, 0.2) is 5.69 Å². The van der Waals surface area contributed by atoms with E-state index in [2.05, 4.69) is 15.6 Å². The lowest BCUT2D eigenvalue weighted by Crippen LogP contribution is -2.18. The molecule has 1 heterocycles. The van der Waals surface area contributed by atoms with Crippen LogP contribution in [0.4, 0.5) is 0 Å². The molecule has 0 radical (unpaired) electrons. The Hall–Kier alpha value is -3.70. The number of rotatable bonds is 5. The Balaban J connectivity index is 1.64. The number of aromatic nitrogens is 2. The maximum atomic E-state index is 12.7. The van der Waals surface area contributed by atoms with Crippen molar-refractivity contribution in [1.82, 2.24) is 15.2 Å². The van der Waals surface area contributed by atoms with Crippen molar-refractivity contribution in [2.24, 2.45) is 5.10 Å². The molecule has 0 atom stereocenters. The third-order valence-corrected chi connectivity index (χ3v) is 5.04. The number of nitrogens with one attached hydrogen (secondary N) is 1. The van der Waals surface area contributed by atoms with Crippen LogP contribution in [-0.4, -0.2) is 21.9 Å². The van der Waals surface area contributed by atoms with Gasteiger partial charge in [-0.3, -0.25) is 4.79 Å². The van der Waals surface area contributed by atoms with E-state index < -0.39 is 0 Å². The Morgan fingerprint density at radius 1 is 0.968 bits per heavy atom. The molecular formula is C25H21ClN4O. The summed E-state index contributed by atoms with van der Waals surface area (Å²) in [6.45, 7) is 4.07. The minimum atomic E-state index is -0.384. The average molecular weight is 429 g/mol. The maximum Gasteiger partial charge on any atom is 0.291 e. The fourth-order valence-electron chi connectivity index (χ4n) is 3.15. The lowest BCUT2D eigenvalue weighted by atomic mass is 10.1. The highest BCUT2D eigenvalue weighted by Gasteiger charge is 2.16. The van der Waals surface area contributed by atoms with Crippen molar-refractivity contribution in [1.29, 1.82) is 0 Å². The molecule has 0 aliphatic carbocycles. The summed E-state index contributed by atoms with van der Waals surface area (Å²) in [5.41, 5.74) is 8.63. The first kappa shape index (κ1) is 20.6. The molecule has 31 heavy (non-hydrogen) atoms. The van der Waals surface area contributed by atoms with Crippen molar-refractivity contribution in [2.45, 2.75) is 13.8 Å². The predicted octanol–water partition coefficient (Wildman–Crippen LogP) is 5.57. The summed E-state index contributed by atoms with van der Waals surface area (Å²) < 4.78 is 1.79. The minimum Gasteiger partial charge on any atom is -0.265 e. The number of hydrazone groups is 1. The highest BCUT2D eigenvalue weighted by Crippen LogP contribution is 2.25. The SMILES string of the molecule is Cc1ccc(-c2cc(C(=O)N/N=C\c3ccc(Cl)cc3)nn2-c2cccc(C)c2)cc1. The molecule has 0 aliphatic heterocycles. The van der Waals surface area contributed by atoms with Crippen LogP contribution in [0, 0.1) is 13.8 Å². The van der Waals surface area contributed by atoms with Crippen molar-refractivity contribution >= 4 is 23.7 Å². The highest BCUT2D eigenvalue weighted by molar-refractivity contribution is 6.30. The first-order valence-corrected chi connectivity index (χ1v) is 10.2. The molecule has 1 amide bonds. The van der Waals surface area contributed by atoms with Crippen LogP contribution < -0.4 is 5.43 Å². The molecule has 6 heteroatoms. The molecule has 0 spiro atoms. The number of aryl methyl sites for hydroxylation is 2. The zero-order chi connectivity index (χ0) is 21.8. The van der Waals surface area contributed by atoms with Crippen LogP contribution in [0.15, 0.2) is 84.0 Å². The molecule has 0 unspecified atom stereocenters. The molecule has 3 aromatic carbocycles. The number of nitrogens with zero attached hydrogens (tertiary/aromatic N) is 3. The molecule has 0 saturated carbocycles. The van der Waals surface area contributed by atoms with Crippen LogP contribution in [-0.2, 0) is 0 Å². The Bertz CT molecular complexity index is 1240. The monoisotopic (exact) mass is 428 g/mol. The second kappa shape index (κ2) is 8.98. The van der Waals surface area contributed by atoms with E-state index in [1.54, 1.807) is 29.1 Å². The normalized spacial score (nSPS) is 11.1. The summed E-state index contributed by atoms with van der Waals surface area (Å²) in [4.78, 5) is 12.7. The van der Waals surface area contributed by atoms with Crippen LogP contribution in [0.1, 0.15) is 27.2 Å². The Kier molecular flexibility index (Phi) is 5.96.